The Morgan fingerprint density at radius 3 is 1.79 bits per heavy atom. The maximum atomic E-state index is 11.5. The zero-order chi connectivity index (χ0) is 21.4. The minimum atomic E-state index is -1.54. The van der Waals surface area contributed by atoms with Crippen LogP contribution in [0.4, 0.5) is 4.79 Å². The fraction of sp³-hybridized carbons (Fsp3) is 0.667. The summed E-state index contributed by atoms with van der Waals surface area (Å²) in [6.45, 7) is 3.82. The van der Waals surface area contributed by atoms with Crippen molar-refractivity contribution < 1.29 is 57.4 Å². The topological polar surface area (TPSA) is 176 Å². The summed E-state index contributed by atoms with van der Waals surface area (Å²) in [6.07, 6.45) is -8.55. The van der Waals surface area contributed by atoms with Crippen molar-refractivity contribution in [3.05, 3.63) is 0 Å². The number of hydrogen-bond acceptors (Lipinski definition) is 12. The quantitative estimate of drug-likeness (QED) is 0.238. The molecule has 28 heavy (non-hydrogen) atoms. The summed E-state index contributed by atoms with van der Waals surface area (Å²) in [5, 5.41) is 0. The largest absolute Gasteiger partial charge is 0.463 e. The number of esters is 4. The fourth-order valence-electron chi connectivity index (χ4n) is 2.33. The summed E-state index contributed by atoms with van der Waals surface area (Å²) in [5.41, 5.74) is 4.86. The zero-order valence-electron chi connectivity index (χ0n) is 15.6. The van der Waals surface area contributed by atoms with Gasteiger partial charge in [0, 0.05) is 27.7 Å². The Balaban J connectivity index is 3.27. The molecule has 1 rings (SSSR count). The van der Waals surface area contributed by atoms with Crippen LogP contribution < -0.4 is 5.73 Å². The molecule has 0 saturated carbocycles. The Kier molecular flexibility index (Phi) is 8.60. The summed E-state index contributed by atoms with van der Waals surface area (Å²) >= 11 is 0. The van der Waals surface area contributed by atoms with E-state index in [2.05, 4.69) is 4.89 Å². The summed E-state index contributed by atoms with van der Waals surface area (Å²) in [7, 11) is 0. The molecule has 0 radical (unpaired) electrons. The molecule has 1 aliphatic rings. The Hall–Kier alpha value is -2.93. The minimum absolute atomic E-state index is 0.468. The standard InChI is InChI=1S/C15H21NO12/c1-6(17)22-5-10-11(27-28-15(16)21)12(23-7(2)18)13(24-8(3)19)14(26-10)25-9(4)20/h10-14H,5H2,1-4H3,(H2,16,21)/t10-,11-,12+,13+,14+/m1/s1. The SMILES string of the molecule is CC(=O)OC[C@H]1O[C@H](OC(C)=O)[C@@H](OC(C)=O)[C@@H](OC(C)=O)[C@@H]1OOC(N)=O. The Morgan fingerprint density at radius 2 is 1.32 bits per heavy atom. The van der Waals surface area contributed by atoms with Crippen LogP contribution in [0, 0.1) is 0 Å². The molecule has 1 fully saturated rings. The van der Waals surface area contributed by atoms with Crippen LogP contribution in [0.1, 0.15) is 27.7 Å². The molecular weight excluding hydrogens is 386 g/mol. The molecule has 1 aliphatic heterocycles. The van der Waals surface area contributed by atoms with Gasteiger partial charge in [0.25, 0.3) is 0 Å². The molecule has 0 unspecified atom stereocenters. The van der Waals surface area contributed by atoms with Crippen LogP contribution in [0.5, 0.6) is 0 Å². The van der Waals surface area contributed by atoms with Crippen molar-refractivity contribution in [2.75, 3.05) is 6.61 Å². The molecule has 1 saturated heterocycles. The summed E-state index contributed by atoms with van der Waals surface area (Å²) in [5.74, 6) is -3.14. The van der Waals surface area contributed by atoms with Gasteiger partial charge < -0.3 is 29.4 Å². The second kappa shape index (κ2) is 10.4. The lowest BCUT2D eigenvalue weighted by Gasteiger charge is -2.42. The molecule has 13 heteroatoms. The molecule has 0 aliphatic carbocycles. The predicted octanol–water partition coefficient (Wildman–Crippen LogP) is -0.904. The Labute approximate surface area is 159 Å². The molecule has 2 N–H and O–H groups in total. The number of primary amides is 1. The van der Waals surface area contributed by atoms with E-state index >= 15 is 0 Å². The van der Waals surface area contributed by atoms with Crippen molar-refractivity contribution in [1.82, 2.24) is 0 Å². The van der Waals surface area contributed by atoms with E-state index < -0.39 is 67.3 Å². The number of hydrogen-bond donors (Lipinski definition) is 1. The number of carbonyl (C=O) groups excluding carboxylic acids is 5. The van der Waals surface area contributed by atoms with Crippen molar-refractivity contribution in [2.45, 2.75) is 58.4 Å². The van der Waals surface area contributed by atoms with Gasteiger partial charge in [-0.3, -0.25) is 24.1 Å². The number of rotatable bonds is 7. The molecule has 0 bridgehead atoms. The van der Waals surface area contributed by atoms with E-state index in [1.165, 1.54) is 0 Å². The molecule has 5 atom stereocenters. The first kappa shape index (κ1) is 23.1. The third-order valence-electron chi connectivity index (χ3n) is 3.17. The number of carbonyl (C=O) groups is 5. The highest BCUT2D eigenvalue weighted by Crippen LogP contribution is 2.30. The van der Waals surface area contributed by atoms with Gasteiger partial charge in [-0.1, -0.05) is 0 Å². The molecular formula is C15H21NO12. The normalized spacial score (nSPS) is 26.5. The highest BCUT2D eigenvalue weighted by atomic mass is 17.2. The van der Waals surface area contributed by atoms with Gasteiger partial charge in [-0.05, 0) is 0 Å². The second-order valence-corrected chi connectivity index (χ2v) is 5.57. The molecule has 1 heterocycles. The highest BCUT2D eigenvalue weighted by molar-refractivity contribution is 5.68. The van der Waals surface area contributed by atoms with Gasteiger partial charge in [-0.15, -0.1) is 0 Å². The highest BCUT2D eigenvalue weighted by Gasteiger charge is 2.53. The van der Waals surface area contributed by atoms with E-state index in [9.17, 15) is 24.0 Å². The molecule has 158 valence electrons. The van der Waals surface area contributed by atoms with Crippen molar-refractivity contribution in [2.24, 2.45) is 5.73 Å². The van der Waals surface area contributed by atoms with Gasteiger partial charge >= 0.3 is 30.0 Å². The van der Waals surface area contributed by atoms with Crippen LogP contribution in [0.2, 0.25) is 0 Å². The van der Waals surface area contributed by atoms with Gasteiger partial charge in [0.15, 0.2) is 12.2 Å². The molecule has 0 spiro atoms. The van der Waals surface area contributed by atoms with Crippen LogP contribution in [-0.4, -0.2) is 67.3 Å². The van der Waals surface area contributed by atoms with Gasteiger partial charge in [0.2, 0.25) is 12.4 Å². The first-order chi connectivity index (χ1) is 13.0. The molecule has 1 amide bonds. The first-order valence-corrected chi connectivity index (χ1v) is 7.94. The maximum Gasteiger partial charge on any atom is 0.436 e. The van der Waals surface area contributed by atoms with Gasteiger partial charge in [-0.25, -0.2) is 4.79 Å². The third kappa shape index (κ3) is 7.36. The molecule has 0 aromatic rings. The fourth-order valence-corrected chi connectivity index (χ4v) is 2.33. The smallest absolute Gasteiger partial charge is 0.436 e. The molecule has 0 aromatic carbocycles. The lowest BCUT2D eigenvalue weighted by Crippen LogP contribution is -2.63. The van der Waals surface area contributed by atoms with E-state index in [0.29, 0.717) is 0 Å². The van der Waals surface area contributed by atoms with Crippen molar-refractivity contribution in [3.63, 3.8) is 0 Å². The van der Waals surface area contributed by atoms with E-state index in [0.717, 1.165) is 27.7 Å². The van der Waals surface area contributed by atoms with Crippen LogP contribution in [0.15, 0.2) is 0 Å². The van der Waals surface area contributed by atoms with Crippen LogP contribution in [0.3, 0.4) is 0 Å². The lowest BCUT2D eigenvalue weighted by molar-refractivity contribution is -0.366. The van der Waals surface area contributed by atoms with Gasteiger partial charge in [0.1, 0.15) is 12.7 Å². The predicted molar refractivity (Wildman–Crippen MR) is 83.7 cm³/mol. The maximum absolute atomic E-state index is 11.5. The number of amides is 1. The van der Waals surface area contributed by atoms with E-state index in [4.69, 9.17) is 34.3 Å². The molecule has 13 nitrogen and oxygen atoms in total. The Bertz CT molecular complexity index is 620. The average molecular weight is 407 g/mol. The number of nitrogens with two attached hydrogens (primary N) is 1. The van der Waals surface area contributed by atoms with Crippen LogP contribution in [0.25, 0.3) is 0 Å². The third-order valence-corrected chi connectivity index (χ3v) is 3.17. The first-order valence-electron chi connectivity index (χ1n) is 7.94. The van der Waals surface area contributed by atoms with Crippen molar-refractivity contribution >= 4 is 30.0 Å². The summed E-state index contributed by atoms with van der Waals surface area (Å²) in [4.78, 5) is 65.6. The Morgan fingerprint density at radius 1 is 0.786 bits per heavy atom. The lowest BCUT2D eigenvalue weighted by atomic mass is 9.98. The van der Waals surface area contributed by atoms with Crippen molar-refractivity contribution in [1.29, 1.82) is 0 Å². The van der Waals surface area contributed by atoms with E-state index in [1.807, 2.05) is 0 Å². The van der Waals surface area contributed by atoms with Gasteiger partial charge in [0.05, 0.1) is 0 Å². The second-order valence-electron chi connectivity index (χ2n) is 5.57. The monoisotopic (exact) mass is 407 g/mol. The minimum Gasteiger partial charge on any atom is -0.463 e. The van der Waals surface area contributed by atoms with E-state index in [-0.39, 0.29) is 0 Å². The van der Waals surface area contributed by atoms with E-state index in [1.54, 1.807) is 0 Å². The van der Waals surface area contributed by atoms with Crippen LogP contribution >= 0.6 is 0 Å². The zero-order valence-corrected chi connectivity index (χ0v) is 15.6. The van der Waals surface area contributed by atoms with Crippen molar-refractivity contribution in [3.8, 4) is 0 Å². The van der Waals surface area contributed by atoms with Crippen LogP contribution in [-0.2, 0) is 52.6 Å². The summed E-state index contributed by atoms with van der Waals surface area (Å²) in [6, 6.07) is 0. The molecule has 0 aromatic heterocycles. The van der Waals surface area contributed by atoms with Gasteiger partial charge in [-0.2, -0.15) is 4.89 Å². The summed E-state index contributed by atoms with van der Waals surface area (Å²) < 4.78 is 25.4. The number of ether oxygens (including phenoxy) is 5. The average Bonchev–Trinajstić information content (AvgIpc) is 2.53.